The summed E-state index contributed by atoms with van der Waals surface area (Å²) < 4.78 is 5.80. The van der Waals surface area contributed by atoms with Gasteiger partial charge in [-0.3, -0.25) is 4.98 Å². The van der Waals surface area contributed by atoms with Crippen LogP contribution < -0.4 is 4.90 Å². The zero-order valence-corrected chi connectivity index (χ0v) is 11.5. The molecule has 0 radical (unpaired) electrons. The Morgan fingerprint density at radius 2 is 2.22 bits per heavy atom. The van der Waals surface area contributed by atoms with Gasteiger partial charge in [-0.25, -0.2) is 4.98 Å². The highest BCUT2D eigenvalue weighted by molar-refractivity contribution is 5.44. The van der Waals surface area contributed by atoms with E-state index in [1.807, 2.05) is 27.7 Å². The van der Waals surface area contributed by atoms with E-state index in [0.29, 0.717) is 6.54 Å². The molecule has 1 saturated heterocycles. The van der Waals surface area contributed by atoms with E-state index in [1.54, 1.807) is 6.20 Å². The molecule has 1 unspecified atom stereocenters. The van der Waals surface area contributed by atoms with Gasteiger partial charge in [-0.1, -0.05) is 0 Å². The van der Waals surface area contributed by atoms with Gasteiger partial charge in [0.05, 0.1) is 29.7 Å². The SMILES string of the molecule is Cc1cnc(C)c(N2CC(CO)OC(C)(C)C2)n1. The van der Waals surface area contributed by atoms with E-state index in [-0.39, 0.29) is 18.3 Å². The topological polar surface area (TPSA) is 58.5 Å². The van der Waals surface area contributed by atoms with Crippen molar-refractivity contribution in [1.82, 2.24) is 9.97 Å². The minimum absolute atomic E-state index is 0.0260. The van der Waals surface area contributed by atoms with E-state index in [1.165, 1.54) is 0 Å². The summed E-state index contributed by atoms with van der Waals surface area (Å²) in [5.74, 6) is 0.893. The summed E-state index contributed by atoms with van der Waals surface area (Å²) in [5, 5.41) is 9.32. The van der Waals surface area contributed by atoms with Gasteiger partial charge in [-0.2, -0.15) is 0 Å². The molecule has 0 bridgehead atoms. The van der Waals surface area contributed by atoms with Gasteiger partial charge in [0.25, 0.3) is 0 Å². The Bertz CT molecular complexity index is 434. The molecule has 1 aromatic heterocycles. The Balaban J connectivity index is 2.29. The Hall–Kier alpha value is -1.20. The second-order valence-corrected chi connectivity index (χ2v) is 5.48. The fourth-order valence-corrected chi connectivity index (χ4v) is 2.38. The van der Waals surface area contributed by atoms with Gasteiger partial charge >= 0.3 is 0 Å². The van der Waals surface area contributed by atoms with Crippen molar-refractivity contribution in [2.75, 3.05) is 24.6 Å². The fourth-order valence-electron chi connectivity index (χ4n) is 2.38. The predicted octanol–water partition coefficient (Wildman–Crippen LogP) is 1.07. The number of hydrogen-bond donors (Lipinski definition) is 1. The average Bonchev–Trinajstić information content (AvgIpc) is 2.30. The van der Waals surface area contributed by atoms with E-state index in [9.17, 15) is 5.11 Å². The number of aliphatic hydroxyl groups excluding tert-OH is 1. The molecule has 0 aliphatic carbocycles. The fraction of sp³-hybridized carbons (Fsp3) is 0.692. The minimum atomic E-state index is -0.288. The van der Waals surface area contributed by atoms with Crippen LogP contribution in [0.2, 0.25) is 0 Å². The molecular weight excluding hydrogens is 230 g/mol. The van der Waals surface area contributed by atoms with Gasteiger partial charge in [0.2, 0.25) is 0 Å². The molecule has 0 spiro atoms. The molecule has 0 aromatic carbocycles. The first-order valence-corrected chi connectivity index (χ1v) is 6.25. The minimum Gasteiger partial charge on any atom is -0.394 e. The maximum atomic E-state index is 9.32. The molecule has 100 valence electrons. The highest BCUT2D eigenvalue weighted by Gasteiger charge is 2.34. The molecule has 18 heavy (non-hydrogen) atoms. The predicted molar refractivity (Wildman–Crippen MR) is 69.8 cm³/mol. The number of aliphatic hydroxyl groups is 1. The van der Waals surface area contributed by atoms with E-state index < -0.39 is 0 Å². The van der Waals surface area contributed by atoms with Crippen LogP contribution in [0.1, 0.15) is 25.2 Å². The highest BCUT2D eigenvalue weighted by atomic mass is 16.5. The van der Waals surface area contributed by atoms with Crippen LogP contribution in [0.15, 0.2) is 6.20 Å². The Morgan fingerprint density at radius 3 is 2.89 bits per heavy atom. The molecular formula is C13H21N3O2. The van der Waals surface area contributed by atoms with Crippen molar-refractivity contribution in [3.05, 3.63) is 17.6 Å². The molecule has 1 aromatic rings. The monoisotopic (exact) mass is 251 g/mol. The quantitative estimate of drug-likeness (QED) is 0.852. The lowest BCUT2D eigenvalue weighted by Crippen LogP contribution is -2.54. The summed E-state index contributed by atoms with van der Waals surface area (Å²) in [6, 6.07) is 0. The van der Waals surface area contributed by atoms with Crippen molar-refractivity contribution in [3.63, 3.8) is 0 Å². The molecule has 1 aliphatic heterocycles. The molecule has 0 saturated carbocycles. The summed E-state index contributed by atoms with van der Waals surface area (Å²) in [4.78, 5) is 11.1. The van der Waals surface area contributed by atoms with Gasteiger partial charge in [0.1, 0.15) is 0 Å². The van der Waals surface area contributed by atoms with Crippen LogP contribution in [0.25, 0.3) is 0 Å². The Labute approximate surface area is 108 Å². The first-order valence-electron chi connectivity index (χ1n) is 6.25. The zero-order valence-electron chi connectivity index (χ0n) is 11.5. The third-order valence-electron chi connectivity index (χ3n) is 3.04. The second kappa shape index (κ2) is 4.82. The summed E-state index contributed by atoms with van der Waals surface area (Å²) in [6.45, 7) is 9.38. The van der Waals surface area contributed by atoms with Crippen molar-refractivity contribution < 1.29 is 9.84 Å². The van der Waals surface area contributed by atoms with Crippen molar-refractivity contribution >= 4 is 5.82 Å². The molecule has 2 rings (SSSR count). The first kappa shape index (κ1) is 13.2. The molecule has 1 fully saturated rings. The summed E-state index contributed by atoms with van der Waals surface area (Å²) >= 11 is 0. The van der Waals surface area contributed by atoms with Crippen LogP contribution in [0.4, 0.5) is 5.82 Å². The van der Waals surface area contributed by atoms with E-state index in [4.69, 9.17) is 4.74 Å². The van der Waals surface area contributed by atoms with Gasteiger partial charge in [0, 0.05) is 19.3 Å². The van der Waals surface area contributed by atoms with Crippen molar-refractivity contribution in [3.8, 4) is 0 Å². The lowest BCUT2D eigenvalue weighted by atomic mass is 10.1. The number of morpholine rings is 1. The van der Waals surface area contributed by atoms with Crippen LogP contribution >= 0.6 is 0 Å². The Morgan fingerprint density at radius 1 is 1.50 bits per heavy atom. The normalized spacial score (nSPS) is 23.2. The van der Waals surface area contributed by atoms with Crippen molar-refractivity contribution in [1.29, 1.82) is 0 Å². The lowest BCUT2D eigenvalue weighted by Gasteiger charge is -2.43. The number of aryl methyl sites for hydroxylation is 2. The van der Waals surface area contributed by atoms with Gasteiger partial charge in [-0.15, -0.1) is 0 Å². The molecule has 5 nitrogen and oxygen atoms in total. The van der Waals surface area contributed by atoms with Crippen LogP contribution in [-0.4, -0.2) is 46.5 Å². The van der Waals surface area contributed by atoms with E-state index >= 15 is 0 Å². The first-order chi connectivity index (χ1) is 8.41. The largest absolute Gasteiger partial charge is 0.394 e. The van der Waals surface area contributed by atoms with Crippen LogP contribution in [-0.2, 0) is 4.74 Å². The summed E-state index contributed by atoms with van der Waals surface area (Å²) in [6.07, 6.45) is 1.60. The van der Waals surface area contributed by atoms with Crippen molar-refractivity contribution in [2.24, 2.45) is 0 Å². The lowest BCUT2D eigenvalue weighted by molar-refractivity contribution is -0.101. The summed E-state index contributed by atoms with van der Waals surface area (Å²) in [5.41, 5.74) is 1.53. The molecule has 1 aliphatic rings. The number of hydrogen-bond acceptors (Lipinski definition) is 5. The van der Waals surface area contributed by atoms with Crippen LogP contribution in [0.5, 0.6) is 0 Å². The zero-order chi connectivity index (χ0) is 13.3. The third-order valence-corrected chi connectivity index (χ3v) is 3.04. The molecule has 0 amide bonds. The van der Waals surface area contributed by atoms with E-state index in [2.05, 4.69) is 14.9 Å². The second-order valence-electron chi connectivity index (χ2n) is 5.48. The standard InChI is InChI=1S/C13H21N3O2/c1-9-5-14-10(2)12(15-9)16-6-11(7-17)18-13(3,4)8-16/h5,11,17H,6-8H2,1-4H3. The smallest absolute Gasteiger partial charge is 0.150 e. The van der Waals surface area contributed by atoms with Crippen LogP contribution in [0, 0.1) is 13.8 Å². The average molecular weight is 251 g/mol. The number of rotatable bonds is 2. The third kappa shape index (κ3) is 2.79. The maximum absolute atomic E-state index is 9.32. The molecule has 2 heterocycles. The molecule has 1 N–H and O–H groups in total. The maximum Gasteiger partial charge on any atom is 0.150 e. The molecule has 5 heteroatoms. The molecule has 1 atom stereocenters. The number of aromatic nitrogens is 2. The van der Waals surface area contributed by atoms with Gasteiger partial charge in [0.15, 0.2) is 5.82 Å². The van der Waals surface area contributed by atoms with Gasteiger partial charge < -0.3 is 14.7 Å². The number of ether oxygens (including phenoxy) is 1. The highest BCUT2D eigenvalue weighted by Crippen LogP contribution is 2.26. The van der Waals surface area contributed by atoms with Crippen molar-refractivity contribution in [2.45, 2.75) is 39.4 Å². The van der Waals surface area contributed by atoms with Gasteiger partial charge in [-0.05, 0) is 27.7 Å². The Kier molecular flexibility index (Phi) is 3.54. The van der Waals surface area contributed by atoms with Crippen LogP contribution in [0.3, 0.4) is 0 Å². The number of nitrogens with zero attached hydrogens (tertiary/aromatic N) is 3. The summed E-state index contributed by atoms with van der Waals surface area (Å²) in [7, 11) is 0. The van der Waals surface area contributed by atoms with E-state index in [0.717, 1.165) is 23.8 Å². The number of anilines is 1.